The van der Waals surface area contributed by atoms with Crippen molar-refractivity contribution in [2.75, 3.05) is 13.1 Å². The third-order valence-corrected chi connectivity index (χ3v) is 3.08. The largest absolute Gasteiger partial charge is 0.297 e. The van der Waals surface area contributed by atoms with Gasteiger partial charge in [-0.2, -0.15) is 0 Å². The summed E-state index contributed by atoms with van der Waals surface area (Å²) in [6.07, 6.45) is 10.4. The van der Waals surface area contributed by atoms with Gasteiger partial charge in [0.05, 0.1) is 0 Å². The normalized spacial score (nSPS) is 25.1. The summed E-state index contributed by atoms with van der Waals surface area (Å²) in [4.78, 5) is 2.60. The van der Waals surface area contributed by atoms with Gasteiger partial charge in [-0.05, 0) is 39.7 Å². The van der Waals surface area contributed by atoms with Crippen molar-refractivity contribution in [2.24, 2.45) is 0 Å². The maximum atomic E-state index is 2.60. The van der Waals surface area contributed by atoms with E-state index in [1.54, 1.807) is 5.57 Å². The topological polar surface area (TPSA) is 3.24 Å². The fourth-order valence-electron chi connectivity index (χ4n) is 2.00. The number of nitrogens with zero attached hydrogens (tertiary/aromatic N) is 1. The lowest BCUT2D eigenvalue weighted by Crippen LogP contribution is -2.28. The predicted molar refractivity (Wildman–Crippen MR) is 63.5 cm³/mol. The van der Waals surface area contributed by atoms with Gasteiger partial charge in [-0.25, -0.2) is 0 Å². The van der Waals surface area contributed by atoms with Crippen LogP contribution >= 0.6 is 0 Å². The number of allylic oxidation sites excluding steroid dienone is 3. The van der Waals surface area contributed by atoms with Gasteiger partial charge in [-0.1, -0.05) is 30.7 Å². The van der Waals surface area contributed by atoms with Crippen LogP contribution in [0.2, 0.25) is 0 Å². The molecule has 80 valence electrons. The van der Waals surface area contributed by atoms with E-state index in [4.69, 9.17) is 0 Å². The first kappa shape index (κ1) is 11.5. The Hall–Kier alpha value is -0.560. The number of hydrogen-bond donors (Lipinski definition) is 0. The lowest BCUT2D eigenvalue weighted by molar-refractivity contribution is 0.289. The van der Waals surface area contributed by atoms with Crippen molar-refractivity contribution in [3.8, 4) is 0 Å². The number of likely N-dealkylation sites (tertiary alicyclic amines) is 1. The molecule has 0 amide bonds. The van der Waals surface area contributed by atoms with Crippen molar-refractivity contribution in [1.82, 2.24) is 4.90 Å². The van der Waals surface area contributed by atoms with E-state index in [-0.39, 0.29) is 0 Å². The quantitative estimate of drug-likeness (QED) is 0.619. The Bertz CT molecular complexity index is 215. The van der Waals surface area contributed by atoms with Gasteiger partial charge in [0.15, 0.2) is 0 Å². The zero-order valence-corrected chi connectivity index (χ0v) is 9.79. The SMILES string of the molecule is C/C=C\C=C(/CC)CN1CCCC1C. The highest BCUT2D eigenvalue weighted by Gasteiger charge is 2.19. The minimum atomic E-state index is 0.788. The molecule has 1 fully saturated rings. The molecular formula is C13H23N. The molecule has 1 rings (SSSR count). The highest BCUT2D eigenvalue weighted by molar-refractivity contribution is 5.13. The van der Waals surface area contributed by atoms with Crippen molar-refractivity contribution in [2.45, 2.75) is 46.1 Å². The summed E-state index contributed by atoms with van der Waals surface area (Å²) >= 11 is 0. The molecule has 0 N–H and O–H groups in total. The molecular weight excluding hydrogens is 170 g/mol. The van der Waals surface area contributed by atoms with Crippen LogP contribution in [0.15, 0.2) is 23.8 Å². The summed E-state index contributed by atoms with van der Waals surface area (Å²) in [6.45, 7) is 9.12. The summed E-state index contributed by atoms with van der Waals surface area (Å²) in [5, 5.41) is 0. The molecule has 0 aromatic carbocycles. The van der Waals surface area contributed by atoms with E-state index in [2.05, 4.69) is 43.9 Å². The van der Waals surface area contributed by atoms with Crippen molar-refractivity contribution in [3.05, 3.63) is 23.8 Å². The molecule has 14 heavy (non-hydrogen) atoms. The predicted octanol–water partition coefficient (Wildman–Crippen LogP) is 3.38. The molecule has 0 aliphatic carbocycles. The molecule has 0 spiro atoms. The number of hydrogen-bond acceptors (Lipinski definition) is 1. The Morgan fingerprint density at radius 2 is 2.29 bits per heavy atom. The van der Waals surface area contributed by atoms with E-state index < -0.39 is 0 Å². The number of rotatable bonds is 4. The van der Waals surface area contributed by atoms with Gasteiger partial charge in [0, 0.05) is 12.6 Å². The summed E-state index contributed by atoms with van der Waals surface area (Å²) in [5.74, 6) is 0. The molecule has 1 saturated heterocycles. The Labute approximate surface area is 88.5 Å². The second kappa shape index (κ2) is 6.02. The molecule has 0 radical (unpaired) electrons. The summed E-state index contributed by atoms with van der Waals surface area (Å²) in [5.41, 5.74) is 1.55. The Balaban J connectivity index is 2.47. The fraction of sp³-hybridized carbons (Fsp3) is 0.692. The van der Waals surface area contributed by atoms with Crippen LogP contribution in [-0.4, -0.2) is 24.0 Å². The smallest absolute Gasteiger partial charge is 0.0198 e. The molecule has 0 saturated carbocycles. The van der Waals surface area contributed by atoms with E-state index in [0.29, 0.717) is 0 Å². The van der Waals surface area contributed by atoms with Gasteiger partial charge < -0.3 is 0 Å². The molecule has 1 heterocycles. The minimum Gasteiger partial charge on any atom is -0.297 e. The molecule has 0 aromatic rings. The Morgan fingerprint density at radius 3 is 2.79 bits per heavy atom. The van der Waals surface area contributed by atoms with E-state index in [0.717, 1.165) is 6.04 Å². The molecule has 1 heteroatoms. The first-order chi connectivity index (χ1) is 6.77. The second-order valence-corrected chi connectivity index (χ2v) is 4.17. The van der Waals surface area contributed by atoms with Gasteiger partial charge >= 0.3 is 0 Å². The van der Waals surface area contributed by atoms with Crippen LogP contribution in [0, 0.1) is 0 Å². The highest BCUT2D eigenvalue weighted by atomic mass is 15.2. The van der Waals surface area contributed by atoms with Gasteiger partial charge in [-0.15, -0.1) is 0 Å². The van der Waals surface area contributed by atoms with Gasteiger partial charge in [0.2, 0.25) is 0 Å². The van der Waals surface area contributed by atoms with Crippen LogP contribution in [-0.2, 0) is 0 Å². The molecule has 1 aliphatic heterocycles. The monoisotopic (exact) mass is 193 g/mol. The van der Waals surface area contributed by atoms with E-state index in [9.17, 15) is 0 Å². The molecule has 0 aromatic heterocycles. The average Bonchev–Trinajstić information content (AvgIpc) is 2.59. The summed E-state index contributed by atoms with van der Waals surface area (Å²) in [7, 11) is 0. The third kappa shape index (κ3) is 3.30. The standard InChI is InChI=1S/C13H23N/c1-4-6-9-13(5-2)11-14-10-7-8-12(14)3/h4,6,9,12H,5,7-8,10-11H2,1-3H3/b6-4-,13-9+. The van der Waals surface area contributed by atoms with Crippen LogP contribution in [0.5, 0.6) is 0 Å². The van der Waals surface area contributed by atoms with Crippen LogP contribution < -0.4 is 0 Å². The molecule has 0 bridgehead atoms. The van der Waals surface area contributed by atoms with Gasteiger partial charge in [-0.3, -0.25) is 4.90 Å². The maximum Gasteiger partial charge on any atom is 0.0198 e. The summed E-state index contributed by atoms with van der Waals surface area (Å²) in [6, 6.07) is 0.788. The second-order valence-electron chi connectivity index (χ2n) is 4.17. The van der Waals surface area contributed by atoms with Crippen molar-refractivity contribution < 1.29 is 0 Å². The first-order valence-corrected chi connectivity index (χ1v) is 5.82. The fourth-order valence-corrected chi connectivity index (χ4v) is 2.00. The Kier molecular flexibility index (Phi) is 4.95. The molecule has 1 atom stereocenters. The Morgan fingerprint density at radius 1 is 1.50 bits per heavy atom. The maximum absolute atomic E-state index is 2.60. The molecule has 1 nitrogen and oxygen atoms in total. The lowest BCUT2D eigenvalue weighted by Gasteiger charge is -2.21. The minimum absolute atomic E-state index is 0.788. The first-order valence-electron chi connectivity index (χ1n) is 5.82. The lowest BCUT2D eigenvalue weighted by atomic mass is 10.1. The van der Waals surface area contributed by atoms with Crippen molar-refractivity contribution in [3.63, 3.8) is 0 Å². The van der Waals surface area contributed by atoms with E-state index in [1.165, 1.54) is 32.4 Å². The van der Waals surface area contributed by atoms with E-state index in [1.807, 2.05) is 0 Å². The van der Waals surface area contributed by atoms with Crippen LogP contribution in [0.25, 0.3) is 0 Å². The van der Waals surface area contributed by atoms with Crippen molar-refractivity contribution in [1.29, 1.82) is 0 Å². The third-order valence-electron chi connectivity index (χ3n) is 3.08. The summed E-state index contributed by atoms with van der Waals surface area (Å²) < 4.78 is 0. The zero-order chi connectivity index (χ0) is 10.4. The van der Waals surface area contributed by atoms with Crippen molar-refractivity contribution >= 4 is 0 Å². The van der Waals surface area contributed by atoms with Crippen LogP contribution in [0.4, 0.5) is 0 Å². The van der Waals surface area contributed by atoms with Crippen LogP contribution in [0.1, 0.15) is 40.0 Å². The van der Waals surface area contributed by atoms with Gasteiger partial charge in [0.25, 0.3) is 0 Å². The van der Waals surface area contributed by atoms with Crippen LogP contribution in [0.3, 0.4) is 0 Å². The van der Waals surface area contributed by atoms with E-state index >= 15 is 0 Å². The average molecular weight is 193 g/mol. The van der Waals surface area contributed by atoms with Gasteiger partial charge in [0.1, 0.15) is 0 Å². The zero-order valence-electron chi connectivity index (χ0n) is 9.79. The highest BCUT2D eigenvalue weighted by Crippen LogP contribution is 2.18. The molecule has 1 aliphatic rings. The molecule has 1 unspecified atom stereocenters.